The van der Waals surface area contributed by atoms with Gasteiger partial charge in [0, 0.05) is 11.4 Å². The van der Waals surface area contributed by atoms with Gasteiger partial charge in [-0.15, -0.1) is 0 Å². The monoisotopic (exact) mass is 325 g/mol. The van der Waals surface area contributed by atoms with Crippen LogP contribution >= 0.6 is 0 Å². The van der Waals surface area contributed by atoms with Crippen molar-refractivity contribution in [3.8, 4) is 11.8 Å². The fourth-order valence-electron chi connectivity index (χ4n) is 1.85. The third-order valence-electron chi connectivity index (χ3n) is 2.98. The van der Waals surface area contributed by atoms with E-state index in [2.05, 4.69) is 15.4 Å². The highest BCUT2D eigenvalue weighted by atomic mass is 16.5. The predicted octanol–water partition coefficient (Wildman–Crippen LogP) is 3.02. The SMILES string of the molecule is COC(=O)c1ccc(NC(=O)Nc2ccc(OCC#N)cc2)cc1. The minimum Gasteiger partial charge on any atom is -0.479 e. The number of rotatable bonds is 5. The molecule has 2 rings (SSSR count). The standard InChI is InChI=1S/C17H15N3O4/c1-23-16(21)12-2-4-13(5-3-12)19-17(22)20-14-6-8-15(9-7-14)24-11-10-18/h2-9H,11H2,1H3,(H2,19,20,22). The molecule has 2 N–H and O–H groups in total. The Balaban J connectivity index is 1.91. The van der Waals surface area contributed by atoms with Crippen molar-refractivity contribution in [3.63, 3.8) is 0 Å². The first-order valence-corrected chi connectivity index (χ1v) is 6.98. The highest BCUT2D eigenvalue weighted by molar-refractivity contribution is 6.00. The summed E-state index contributed by atoms with van der Waals surface area (Å²) in [5, 5.41) is 13.7. The Bertz CT molecular complexity index is 749. The highest BCUT2D eigenvalue weighted by Crippen LogP contribution is 2.16. The first-order valence-electron chi connectivity index (χ1n) is 6.98. The summed E-state index contributed by atoms with van der Waals surface area (Å²) < 4.78 is 9.73. The van der Waals surface area contributed by atoms with Crippen molar-refractivity contribution < 1.29 is 19.1 Å². The van der Waals surface area contributed by atoms with E-state index >= 15 is 0 Å². The fourth-order valence-corrected chi connectivity index (χ4v) is 1.85. The van der Waals surface area contributed by atoms with Crippen LogP contribution in [0.3, 0.4) is 0 Å². The van der Waals surface area contributed by atoms with Crippen molar-refractivity contribution in [2.24, 2.45) is 0 Å². The number of ether oxygens (including phenoxy) is 2. The molecule has 0 aliphatic rings. The number of carbonyl (C=O) groups is 2. The Labute approximate surface area is 138 Å². The molecule has 0 saturated heterocycles. The van der Waals surface area contributed by atoms with E-state index in [9.17, 15) is 9.59 Å². The molecule has 0 saturated carbocycles. The van der Waals surface area contributed by atoms with E-state index in [1.54, 1.807) is 48.5 Å². The molecule has 7 heteroatoms. The number of methoxy groups -OCH3 is 1. The van der Waals surface area contributed by atoms with E-state index in [0.717, 1.165) is 0 Å². The molecule has 2 aromatic carbocycles. The zero-order chi connectivity index (χ0) is 17.4. The Morgan fingerprint density at radius 3 is 2.04 bits per heavy atom. The lowest BCUT2D eigenvalue weighted by Crippen LogP contribution is -2.19. The van der Waals surface area contributed by atoms with Crippen LogP contribution in [0.4, 0.5) is 16.2 Å². The quantitative estimate of drug-likeness (QED) is 0.823. The van der Waals surface area contributed by atoms with E-state index in [0.29, 0.717) is 22.7 Å². The number of benzene rings is 2. The Morgan fingerprint density at radius 2 is 1.54 bits per heavy atom. The van der Waals surface area contributed by atoms with E-state index in [4.69, 9.17) is 10.00 Å². The summed E-state index contributed by atoms with van der Waals surface area (Å²) >= 11 is 0. The predicted molar refractivity (Wildman–Crippen MR) is 88.0 cm³/mol. The molecule has 0 heterocycles. The van der Waals surface area contributed by atoms with Crippen molar-refractivity contribution in [1.29, 1.82) is 5.26 Å². The van der Waals surface area contributed by atoms with Gasteiger partial charge in [0.2, 0.25) is 0 Å². The number of nitrogens with zero attached hydrogens (tertiary/aromatic N) is 1. The molecule has 0 unspecified atom stereocenters. The topological polar surface area (TPSA) is 100 Å². The summed E-state index contributed by atoms with van der Waals surface area (Å²) in [5.41, 5.74) is 1.51. The second-order valence-corrected chi connectivity index (χ2v) is 4.62. The Morgan fingerprint density at radius 1 is 1.00 bits per heavy atom. The molecule has 122 valence electrons. The number of carbonyl (C=O) groups excluding carboxylic acids is 2. The van der Waals surface area contributed by atoms with Crippen molar-refractivity contribution in [3.05, 3.63) is 54.1 Å². The van der Waals surface area contributed by atoms with Crippen LogP contribution in [-0.4, -0.2) is 25.7 Å². The lowest BCUT2D eigenvalue weighted by molar-refractivity contribution is 0.0600. The van der Waals surface area contributed by atoms with Crippen LogP contribution in [0.25, 0.3) is 0 Å². The first-order chi connectivity index (χ1) is 11.6. The van der Waals surface area contributed by atoms with Gasteiger partial charge in [0.1, 0.15) is 11.8 Å². The van der Waals surface area contributed by atoms with Gasteiger partial charge in [0.25, 0.3) is 0 Å². The number of amides is 2. The van der Waals surface area contributed by atoms with E-state index in [-0.39, 0.29) is 6.61 Å². The molecule has 0 bridgehead atoms. The highest BCUT2D eigenvalue weighted by Gasteiger charge is 2.06. The van der Waals surface area contributed by atoms with Gasteiger partial charge in [0.15, 0.2) is 6.61 Å². The van der Waals surface area contributed by atoms with Crippen LogP contribution in [0, 0.1) is 11.3 Å². The van der Waals surface area contributed by atoms with Crippen LogP contribution in [0.5, 0.6) is 5.75 Å². The van der Waals surface area contributed by atoms with Crippen LogP contribution in [0.2, 0.25) is 0 Å². The molecule has 0 spiro atoms. The molecule has 0 aliphatic carbocycles. The van der Waals surface area contributed by atoms with Gasteiger partial charge in [-0.05, 0) is 48.5 Å². The summed E-state index contributed by atoms with van der Waals surface area (Å²) in [4.78, 5) is 23.3. The maximum absolute atomic E-state index is 11.9. The number of anilines is 2. The van der Waals surface area contributed by atoms with E-state index < -0.39 is 12.0 Å². The smallest absolute Gasteiger partial charge is 0.337 e. The summed E-state index contributed by atoms with van der Waals surface area (Å²) in [5.74, 6) is 0.102. The minimum atomic E-state index is -0.440. The maximum Gasteiger partial charge on any atom is 0.337 e. The lowest BCUT2D eigenvalue weighted by atomic mass is 10.2. The molecule has 0 fully saturated rings. The minimum absolute atomic E-state index is 0.0329. The number of urea groups is 1. The third kappa shape index (κ3) is 4.74. The van der Waals surface area contributed by atoms with Crippen molar-refractivity contribution >= 4 is 23.4 Å². The number of nitriles is 1. The zero-order valence-electron chi connectivity index (χ0n) is 12.9. The van der Waals surface area contributed by atoms with E-state index in [1.165, 1.54) is 7.11 Å². The van der Waals surface area contributed by atoms with Crippen molar-refractivity contribution in [1.82, 2.24) is 0 Å². The third-order valence-corrected chi connectivity index (χ3v) is 2.98. The summed E-state index contributed by atoms with van der Waals surface area (Å²) in [6.45, 7) is -0.0329. The molecule has 2 aromatic rings. The van der Waals surface area contributed by atoms with Gasteiger partial charge in [-0.2, -0.15) is 5.26 Å². The largest absolute Gasteiger partial charge is 0.479 e. The molecule has 24 heavy (non-hydrogen) atoms. The van der Waals surface area contributed by atoms with E-state index in [1.807, 2.05) is 6.07 Å². The summed E-state index contributed by atoms with van der Waals surface area (Å²) in [6, 6.07) is 14.4. The van der Waals surface area contributed by atoms with Crippen LogP contribution < -0.4 is 15.4 Å². The lowest BCUT2D eigenvalue weighted by Gasteiger charge is -2.09. The maximum atomic E-state index is 11.9. The Hall–Kier alpha value is -3.53. The van der Waals surface area contributed by atoms with Gasteiger partial charge < -0.3 is 20.1 Å². The first kappa shape index (κ1) is 16.8. The molecule has 0 radical (unpaired) electrons. The molecular formula is C17H15N3O4. The fraction of sp³-hybridized carbons (Fsp3) is 0.118. The number of hydrogen-bond acceptors (Lipinski definition) is 5. The van der Waals surface area contributed by atoms with Crippen LogP contribution in [0.1, 0.15) is 10.4 Å². The number of nitrogens with one attached hydrogen (secondary N) is 2. The summed E-state index contributed by atoms with van der Waals surface area (Å²) in [6.07, 6.45) is 0. The molecule has 2 amide bonds. The van der Waals surface area contributed by atoms with Crippen LogP contribution in [-0.2, 0) is 4.74 Å². The molecule has 7 nitrogen and oxygen atoms in total. The van der Waals surface area contributed by atoms with Gasteiger partial charge in [-0.25, -0.2) is 9.59 Å². The Kier molecular flexibility index (Phi) is 5.75. The van der Waals surface area contributed by atoms with Gasteiger partial charge in [-0.1, -0.05) is 0 Å². The average molecular weight is 325 g/mol. The van der Waals surface area contributed by atoms with Crippen molar-refractivity contribution in [2.45, 2.75) is 0 Å². The second-order valence-electron chi connectivity index (χ2n) is 4.62. The second kappa shape index (κ2) is 8.19. The van der Waals surface area contributed by atoms with Gasteiger partial charge in [0.05, 0.1) is 12.7 Å². The molecule has 0 aliphatic heterocycles. The molecular weight excluding hydrogens is 310 g/mol. The zero-order valence-corrected chi connectivity index (χ0v) is 12.9. The molecule has 0 aromatic heterocycles. The van der Waals surface area contributed by atoms with Crippen LogP contribution in [0.15, 0.2) is 48.5 Å². The molecule has 0 atom stereocenters. The number of hydrogen-bond donors (Lipinski definition) is 2. The summed E-state index contributed by atoms with van der Waals surface area (Å²) in [7, 11) is 1.30. The van der Waals surface area contributed by atoms with Crippen molar-refractivity contribution in [2.75, 3.05) is 24.4 Å². The average Bonchev–Trinajstić information content (AvgIpc) is 2.61. The number of esters is 1. The van der Waals surface area contributed by atoms with Gasteiger partial charge >= 0.3 is 12.0 Å². The van der Waals surface area contributed by atoms with Gasteiger partial charge in [-0.3, -0.25) is 0 Å². The normalized spacial score (nSPS) is 9.50.